The zero-order valence-electron chi connectivity index (χ0n) is 15.9. The standard InChI is InChI=1S/C20H26N6O2/c1-13(14-5-3-2-4-6-14)24-20(27)26-18-11-17(21)16(12-23-18)19(22)25-15-7-9-28-10-8-15/h2-6,11-13,15H,7-10H2,1H3,(H2,22,25)(H4,21,23,24,26,27)/t13-/m1/s1. The lowest BCUT2D eigenvalue weighted by atomic mass is 10.1. The second-order valence-corrected chi connectivity index (χ2v) is 6.75. The molecule has 1 aliphatic rings. The molecule has 1 atom stereocenters. The summed E-state index contributed by atoms with van der Waals surface area (Å²) >= 11 is 0. The molecule has 8 heteroatoms. The Balaban J connectivity index is 1.61. The van der Waals surface area contributed by atoms with Crippen LogP contribution in [-0.2, 0) is 4.74 Å². The molecule has 2 amide bonds. The van der Waals surface area contributed by atoms with Crippen molar-refractivity contribution in [3.63, 3.8) is 0 Å². The summed E-state index contributed by atoms with van der Waals surface area (Å²) in [7, 11) is 0. The fourth-order valence-corrected chi connectivity index (χ4v) is 3.01. The first kappa shape index (κ1) is 19.6. The van der Waals surface area contributed by atoms with Crippen LogP contribution in [0.5, 0.6) is 0 Å². The number of hydrogen-bond donors (Lipinski definition) is 4. The number of anilines is 2. The Morgan fingerprint density at radius 3 is 2.68 bits per heavy atom. The van der Waals surface area contributed by atoms with Gasteiger partial charge >= 0.3 is 6.03 Å². The molecule has 2 heterocycles. The molecule has 2 aromatic rings. The maximum atomic E-state index is 12.2. The molecule has 1 aromatic carbocycles. The second kappa shape index (κ2) is 9.18. The van der Waals surface area contributed by atoms with Gasteiger partial charge in [0.25, 0.3) is 0 Å². The Labute approximate surface area is 164 Å². The van der Waals surface area contributed by atoms with Gasteiger partial charge in [0.2, 0.25) is 0 Å². The van der Waals surface area contributed by atoms with E-state index in [0.29, 0.717) is 36.1 Å². The van der Waals surface area contributed by atoms with Crippen molar-refractivity contribution in [2.24, 2.45) is 10.7 Å². The average molecular weight is 382 g/mol. The molecule has 0 radical (unpaired) electrons. The highest BCUT2D eigenvalue weighted by Crippen LogP contribution is 2.18. The van der Waals surface area contributed by atoms with Gasteiger partial charge in [-0.2, -0.15) is 0 Å². The first-order valence-corrected chi connectivity index (χ1v) is 9.32. The third kappa shape index (κ3) is 5.20. The summed E-state index contributed by atoms with van der Waals surface area (Å²) in [5.74, 6) is 0.698. The molecule has 0 aliphatic carbocycles. The molecular formula is C20H26N6O2. The van der Waals surface area contributed by atoms with E-state index in [1.807, 2.05) is 37.3 Å². The number of urea groups is 1. The van der Waals surface area contributed by atoms with Crippen molar-refractivity contribution < 1.29 is 9.53 Å². The van der Waals surface area contributed by atoms with Crippen LogP contribution in [0, 0.1) is 0 Å². The van der Waals surface area contributed by atoms with Crippen molar-refractivity contribution >= 4 is 23.4 Å². The highest BCUT2D eigenvalue weighted by Gasteiger charge is 2.15. The molecule has 148 valence electrons. The van der Waals surface area contributed by atoms with E-state index in [1.54, 1.807) is 6.07 Å². The topological polar surface area (TPSA) is 128 Å². The second-order valence-electron chi connectivity index (χ2n) is 6.75. The van der Waals surface area contributed by atoms with E-state index in [2.05, 4.69) is 20.6 Å². The summed E-state index contributed by atoms with van der Waals surface area (Å²) in [5, 5.41) is 5.56. The van der Waals surface area contributed by atoms with Gasteiger partial charge in [0.05, 0.1) is 17.6 Å². The molecule has 1 fully saturated rings. The van der Waals surface area contributed by atoms with E-state index in [0.717, 1.165) is 18.4 Å². The summed E-state index contributed by atoms with van der Waals surface area (Å²) in [6.07, 6.45) is 3.21. The summed E-state index contributed by atoms with van der Waals surface area (Å²) in [6, 6.07) is 10.9. The van der Waals surface area contributed by atoms with E-state index in [1.165, 1.54) is 6.20 Å². The highest BCUT2D eigenvalue weighted by atomic mass is 16.5. The normalized spacial score (nSPS) is 16.4. The molecule has 0 bridgehead atoms. The van der Waals surface area contributed by atoms with Crippen molar-refractivity contribution in [1.82, 2.24) is 10.3 Å². The smallest absolute Gasteiger partial charge is 0.320 e. The van der Waals surface area contributed by atoms with Crippen LogP contribution in [-0.4, -0.2) is 36.1 Å². The lowest BCUT2D eigenvalue weighted by molar-refractivity contribution is 0.0871. The number of ether oxygens (including phenoxy) is 1. The minimum absolute atomic E-state index is 0.135. The van der Waals surface area contributed by atoms with Crippen LogP contribution >= 0.6 is 0 Å². The van der Waals surface area contributed by atoms with Crippen molar-refractivity contribution in [2.45, 2.75) is 31.8 Å². The molecular weight excluding hydrogens is 356 g/mol. The Morgan fingerprint density at radius 1 is 1.29 bits per heavy atom. The first-order chi connectivity index (χ1) is 13.5. The lowest BCUT2D eigenvalue weighted by Crippen LogP contribution is -2.31. The van der Waals surface area contributed by atoms with Crippen LogP contribution in [0.2, 0.25) is 0 Å². The zero-order chi connectivity index (χ0) is 19.9. The number of aliphatic imine (C=N–C) groups is 1. The van der Waals surface area contributed by atoms with Crippen LogP contribution in [0.25, 0.3) is 0 Å². The lowest BCUT2D eigenvalue weighted by Gasteiger charge is -2.19. The molecule has 0 unspecified atom stereocenters. The summed E-state index contributed by atoms with van der Waals surface area (Å²) in [4.78, 5) is 21.0. The van der Waals surface area contributed by atoms with Gasteiger partial charge in [-0.05, 0) is 25.3 Å². The van der Waals surface area contributed by atoms with Gasteiger partial charge < -0.3 is 21.5 Å². The average Bonchev–Trinajstić information content (AvgIpc) is 2.69. The third-order valence-corrected chi connectivity index (χ3v) is 4.61. The molecule has 1 aromatic heterocycles. The number of nitrogens with zero attached hydrogens (tertiary/aromatic N) is 2. The summed E-state index contributed by atoms with van der Waals surface area (Å²) in [5.41, 5.74) is 14.2. The number of hydrogen-bond acceptors (Lipinski definition) is 5. The predicted molar refractivity (Wildman–Crippen MR) is 110 cm³/mol. The SMILES string of the molecule is C[C@@H](NC(=O)Nc1cc(N)c(C(N)=NC2CCOCC2)cn1)c1ccccc1. The van der Waals surface area contributed by atoms with Crippen LogP contribution < -0.4 is 22.1 Å². The van der Waals surface area contributed by atoms with Crippen molar-refractivity contribution in [3.05, 3.63) is 53.7 Å². The number of amides is 2. The highest BCUT2D eigenvalue weighted by molar-refractivity contribution is 6.02. The van der Waals surface area contributed by atoms with Crippen LogP contribution in [0.4, 0.5) is 16.3 Å². The Hall–Kier alpha value is -3.13. The van der Waals surface area contributed by atoms with Gasteiger partial charge in [-0.1, -0.05) is 30.3 Å². The van der Waals surface area contributed by atoms with Gasteiger partial charge in [0.15, 0.2) is 0 Å². The molecule has 8 nitrogen and oxygen atoms in total. The predicted octanol–water partition coefficient (Wildman–Crippen LogP) is 2.43. The third-order valence-electron chi connectivity index (χ3n) is 4.61. The summed E-state index contributed by atoms with van der Waals surface area (Å²) in [6.45, 7) is 3.29. The molecule has 1 saturated heterocycles. The van der Waals surface area contributed by atoms with Crippen molar-refractivity contribution in [2.75, 3.05) is 24.3 Å². The fourth-order valence-electron chi connectivity index (χ4n) is 3.01. The van der Waals surface area contributed by atoms with Crippen molar-refractivity contribution in [3.8, 4) is 0 Å². The molecule has 1 aliphatic heterocycles. The maximum Gasteiger partial charge on any atom is 0.320 e. The number of carbonyl (C=O) groups is 1. The number of nitrogen functional groups attached to an aromatic ring is 1. The van der Waals surface area contributed by atoms with Gasteiger partial charge in [0.1, 0.15) is 11.7 Å². The maximum absolute atomic E-state index is 12.2. The van der Waals surface area contributed by atoms with Crippen LogP contribution in [0.1, 0.15) is 36.9 Å². The quantitative estimate of drug-likeness (QED) is 0.466. The van der Waals surface area contributed by atoms with Crippen LogP contribution in [0.3, 0.4) is 0 Å². The number of carbonyl (C=O) groups excluding carboxylic acids is 1. The first-order valence-electron chi connectivity index (χ1n) is 9.32. The van der Waals surface area contributed by atoms with Gasteiger partial charge in [0, 0.05) is 31.2 Å². The summed E-state index contributed by atoms with van der Waals surface area (Å²) < 4.78 is 5.33. The Bertz CT molecular complexity index is 834. The number of pyridine rings is 1. The molecule has 3 rings (SSSR count). The number of rotatable bonds is 5. The number of aromatic nitrogens is 1. The molecule has 28 heavy (non-hydrogen) atoms. The van der Waals surface area contributed by atoms with E-state index < -0.39 is 0 Å². The van der Waals surface area contributed by atoms with E-state index >= 15 is 0 Å². The number of nitrogens with one attached hydrogen (secondary N) is 2. The monoisotopic (exact) mass is 382 g/mol. The molecule has 6 N–H and O–H groups in total. The Morgan fingerprint density at radius 2 is 2.00 bits per heavy atom. The minimum atomic E-state index is -0.361. The van der Waals surface area contributed by atoms with E-state index in [4.69, 9.17) is 16.2 Å². The van der Waals surface area contributed by atoms with Crippen molar-refractivity contribution in [1.29, 1.82) is 0 Å². The zero-order valence-corrected chi connectivity index (χ0v) is 15.9. The van der Waals surface area contributed by atoms with E-state index in [9.17, 15) is 4.79 Å². The largest absolute Gasteiger partial charge is 0.398 e. The fraction of sp³-hybridized carbons (Fsp3) is 0.350. The number of nitrogens with two attached hydrogens (primary N) is 2. The Kier molecular flexibility index (Phi) is 6.44. The number of benzene rings is 1. The van der Waals surface area contributed by atoms with Gasteiger partial charge in [-0.15, -0.1) is 0 Å². The van der Waals surface area contributed by atoms with Gasteiger partial charge in [-0.25, -0.2) is 9.78 Å². The van der Waals surface area contributed by atoms with Crippen LogP contribution in [0.15, 0.2) is 47.6 Å². The minimum Gasteiger partial charge on any atom is -0.398 e. The van der Waals surface area contributed by atoms with Gasteiger partial charge in [-0.3, -0.25) is 10.3 Å². The molecule has 0 spiro atoms. The molecule has 0 saturated carbocycles. The van der Waals surface area contributed by atoms with E-state index in [-0.39, 0.29) is 18.1 Å². The number of amidine groups is 1.